The van der Waals surface area contributed by atoms with E-state index in [1.54, 1.807) is 16.5 Å². The highest BCUT2D eigenvalue weighted by atomic mass is 16.6. The van der Waals surface area contributed by atoms with E-state index in [2.05, 4.69) is 10.2 Å². The Morgan fingerprint density at radius 2 is 1.77 bits per heavy atom. The average molecular weight is 542 g/mol. The fourth-order valence-electron chi connectivity index (χ4n) is 5.63. The molecule has 1 aromatic heterocycles. The molecular formula is C28H39N5O6. The van der Waals surface area contributed by atoms with Gasteiger partial charge in [-0.2, -0.15) is 0 Å². The van der Waals surface area contributed by atoms with Crippen LogP contribution in [0.3, 0.4) is 0 Å². The van der Waals surface area contributed by atoms with Gasteiger partial charge in [0.15, 0.2) is 0 Å². The molecule has 212 valence electrons. The van der Waals surface area contributed by atoms with Crippen LogP contribution < -0.4 is 11.0 Å². The molecule has 1 N–H and O–H groups in total. The fourth-order valence-corrected chi connectivity index (χ4v) is 5.63. The fraction of sp³-hybridized carbons (Fsp3) is 0.643. The molecule has 0 spiro atoms. The van der Waals surface area contributed by atoms with Crippen molar-refractivity contribution in [3.05, 3.63) is 34.2 Å². The Hall–Kier alpha value is -3.18. The van der Waals surface area contributed by atoms with Gasteiger partial charge in [-0.05, 0) is 63.6 Å². The van der Waals surface area contributed by atoms with Crippen LogP contribution in [0.15, 0.2) is 23.0 Å². The monoisotopic (exact) mass is 541 g/mol. The number of nitrogens with one attached hydrogen (secondary N) is 1. The molecule has 0 aliphatic carbocycles. The van der Waals surface area contributed by atoms with Crippen molar-refractivity contribution < 1.29 is 23.9 Å². The SMILES string of the molecule is Cn1c(=O)n(C2CCC(=O)NC2=O)c2ccc(CN3CC(OCC4CCN(C(=O)OC(C)(C)C)CC4)C3)cc21. The molecule has 1 atom stereocenters. The highest BCUT2D eigenvalue weighted by molar-refractivity contribution is 6.00. The van der Waals surface area contributed by atoms with E-state index < -0.39 is 17.6 Å². The van der Waals surface area contributed by atoms with Gasteiger partial charge in [0.05, 0.1) is 23.7 Å². The second-order valence-corrected chi connectivity index (χ2v) is 12.1. The third-order valence-corrected chi connectivity index (χ3v) is 7.84. The van der Waals surface area contributed by atoms with Gasteiger partial charge in [-0.25, -0.2) is 9.59 Å². The Morgan fingerprint density at radius 1 is 1.05 bits per heavy atom. The minimum atomic E-state index is -0.678. The number of piperidine rings is 2. The number of ether oxygens (including phenoxy) is 2. The summed E-state index contributed by atoms with van der Waals surface area (Å²) in [6.07, 6.45) is 2.36. The second kappa shape index (κ2) is 10.8. The molecule has 0 bridgehead atoms. The number of hydrogen-bond acceptors (Lipinski definition) is 7. The first-order valence-corrected chi connectivity index (χ1v) is 13.8. The molecule has 11 nitrogen and oxygen atoms in total. The zero-order chi connectivity index (χ0) is 27.9. The summed E-state index contributed by atoms with van der Waals surface area (Å²) in [4.78, 5) is 53.3. The maximum absolute atomic E-state index is 13.0. The van der Waals surface area contributed by atoms with Crippen LogP contribution >= 0.6 is 0 Å². The van der Waals surface area contributed by atoms with Crippen molar-refractivity contribution in [2.75, 3.05) is 32.8 Å². The van der Waals surface area contributed by atoms with E-state index in [-0.39, 0.29) is 30.2 Å². The maximum Gasteiger partial charge on any atom is 0.410 e. The third-order valence-electron chi connectivity index (χ3n) is 7.84. The van der Waals surface area contributed by atoms with E-state index >= 15 is 0 Å². The third kappa shape index (κ3) is 6.04. The van der Waals surface area contributed by atoms with Crippen LogP contribution in [0.1, 0.15) is 58.1 Å². The number of fused-ring (bicyclic) bond motifs is 1. The molecule has 0 saturated carbocycles. The van der Waals surface area contributed by atoms with Crippen LogP contribution in [0.5, 0.6) is 0 Å². The van der Waals surface area contributed by atoms with Gasteiger partial charge in [0.2, 0.25) is 11.8 Å². The van der Waals surface area contributed by atoms with Crippen molar-refractivity contribution in [1.82, 2.24) is 24.3 Å². The molecule has 1 aromatic carbocycles. The molecule has 3 saturated heterocycles. The Kier molecular flexibility index (Phi) is 7.56. The Labute approximate surface area is 228 Å². The summed E-state index contributed by atoms with van der Waals surface area (Å²) in [6.45, 7) is 10.2. The zero-order valence-corrected chi connectivity index (χ0v) is 23.3. The number of nitrogens with zero attached hydrogens (tertiary/aromatic N) is 4. The Morgan fingerprint density at radius 3 is 2.44 bits per heavy atom. The molecule has 2 aromatic rings. The first-order chi connectivity index (χ1) is 18.5. The van der Waals surface area contributed by atoms with Crippen LogP contribution in [0.4, 0.5) is 4.79 Å². The van der Waals surface area contributed by atoms with Gasteiger partial charge in [-0.1, -0.05) is 6.07 Å². The standard InChI is InChI=1S/C28H39N5O6/c1-28(2,3)39-27(37)32-11-9-18(10-12-32)17-38-20-15-31(16-20)14-19-5-6-21-23(13-19)30(4)26(36)33(21)22-7-8-24(34)29-25(22)35/h5-6,13,18,20,22H,7-12,14-17H2,1-4H3,(H,29,34,35). The lowest BCUT2D eigenvalue weighted by atomic mass is 9.98. The number of imidazole rings is 1. The second-order valence-electron chi connectivity index (χ2n) is 12.1. The van der Waals surface area contributed by atoms with Crippen LogP contribution in [0.2, 0.25) is 0 Å². The van der Waals surface area contributed by atoms with Crippen molar-refractivity contribution in [2.24, 2.45) is 13.0 Å². The quantitative estimate of drug-likeness (QED) is 0.558. The van der Waals surface area contributed by atoms with Crippen molar-refractivity contribution in [1.29, 1.82) is 0 Å². The predicted molar refractivity (Wildman–Crippen MR) is 144 cm³/mol. The number of likely N-dealkylation sites (tertiary alicyclic amines) is 2. The summed E-state index contributed by atoms with van der Waals surface area (Å²) >= 11 is 0. The summed E-state index contributed by atoms with van der Waals surface area (Å²) in [5.74, 6) is -0.271. The lowest BCUT2D eigenvalue weighted by Gasteiger charge is -2.40. The highest BCUT2D eigenvalue weighted by Crippen LogP contribution is 2.26. The van der Waals surface area contributed by atoms with Crippen molar-refractivity contribution >= 4 is 28.9 Å². The van der Waals surface area contributed by atoms with E-state index in [0.717, 1.165) is 43.6 Å². The smallest absolute Gasteiger partial charge is 0.410 e. The van der Waals surface area contributed by atoms with Gasteiger partial charge in [0.25, 0.3) is 0 Å². The number of carbonyl (C=O) groups excluding carboxylic acids is 3. The van der Waals surface area contributed by atoms with E-state index in [1.807, 2.05) is 39.0 Å². The molecule has 39 heavy (non-hydrogen) atoms. The molecular weight excluding hydrogens is 502 g/mol. The molecule has 3 aliphatic heterocycles. The molecule has 4 heterocycles. The number of rotatable bonds is 6. The van der Waals surface area contributed by atoms with Crippen molar-refractivity contribution in [2.45, 2.75) is 70.7 Å². The number of benzene rings is 1. The van der Waals surface area contributed by atoms with Crippen molar-refractivity contribution in [3.8, 4) is 0 Å². The number of hydrogen-bond donors (Lipinski definition) is 1. The first-order valence-electron chi connectivity index (χ1n) is 13.8. The molecule has 3 fully saturated rings. The van der Waals surface area contributed by atoms with Gasteiger partial charge in [-0.15, -0.1) is 0 Å². The minimum Gasteiger partial charge on any atom is -0.444 e. The molecule has 5 rings (SSSR count). The van der Waals surface area contributed by atoms with E-state index in [9.17, 15) is 19.2 Å². The lowest BCUT2D eigenvalue weighted by molar-refractivity contribution is -0.135. The van der Waals surface area contributed by atoms with E-state index in [0.29, 0.717) is 37.6 Å². The van der Waals surface area contributed by atoms with Gasteiger partial charge >= 0.3 is 11.8 Å². The number of imide groups is 1. The van der Waals surface area contributed by atoms with E-state index in [1.165, 1.54) is 4.57 Å². The largest absolute Gasteiger partial charge is 0.444 e. The molecule has 0 radical (unpaired) electrons. The molecule has 1 unspecified atom stereocenters. The van der Waals surface area contributed by atoms with Crippen LogP contribution in [0.25, 0.3) is 11.0 Å². The summed E-state index contributed by atoms with van der Waals surface area (Å²) in [7, 11) is 1.71. The van der Waals surface area contributed by atoms with Gasteiger partial charge in [-0.3, -0.25) is 28.9 Å². The number of aryl methyl sites for hydroxylation is 1. The zero-order valence-electron chi connectivity index (χ0n) is 23.3. The van der Waals surface area contributed by atoms with Crippen molar-refractivity contribution in [3.63, 3.8) is 0 Å². The summed E-state index contributed by atoms with van der Waals surface area (Å²) in [6, 6.07) is 5.22. The summed E-state index contributed by atoms with van der Waals surface area (Å²) in [5, 5.41) is 2.34. The molecule has 11 heteroatoms. The average Bonchev–Trinajstić information content (AvgIpc) is 3.09. The number of carbonyl (C=O) groups is 3. The van der Waals surface area contributed by atoms with E-state index in [4.69, 9.17) is 9.47 Å². The molecule has 3 aliphatic rings. The Balaban J connectivity index is 1.10. The van der Waals surface area contributed by atoms with Crippen LogP contribution in [-0.4, -0.2) is 81.3 Å². The van der Waals surface area contributed by atoms with Gasteiger partial charge < -0.3 is 14.4 Å². The Bertz CT molecular complexity index is 1310. The first kappa shape index (κ1) is 27.4. The van der Waals surface area contributed by atoms with Gasteiger partial charge in [0.1, 0.15) is 11.6 Å². The normalized spacial score (nSPS) is 21.7. The number of amides is 3. The topological polar surface area (TPSA) is 115 Å². The minimum absolute atomic E-state index is 0.204. The lowest BCUT2D eigenvalue weighted by Crippen LogP contribution is -2.52. The van der Waals surface area contributed by atoms with Gasteiger partial charge in [0, 0.05) is 46.2 Å². The predicted octanol–water partition coefficient (Wildman–Crippen LogP) is 2.17. The summed E-state index contributed by atoms with van der Waals surface area (Å²) in [5.41, 5.74) is 1.82. The molecule has 3 amide bonds. The summed E-state index contributed by atoms with van der Waals surface area (Å²) < 4.78 is 14.7. The number of aromatic nitrogens is 2. The van der Waals surface area contributed by atoms with Crippen LogP contribution in [0, 0.1) is 5.92 Å². The highest BCUT2D eigenvalue weighted by Gasteiger charge is 2.33. The maximum atomic E-state index is 13.0. The van der Waals surface area contributed by atoms with Crippen LogP contribution in [-0.2, 0) is 32.7 Å².